The van der Waals surface area contributed by atoms with Gasteiger partial charge in [0.25, 0.3) is 0 Å². The van der Waals surface area contributed by atoms with Gasteiger partial charge in [-0.05, 0) is 45.1 Å². The van der Waals surface area contributed by atoms with Crippen LogP contribution in [0.2, 0.25) is 0 Å². The van der Waals surface area contributed by atoms with Crippen LogP contribution in [0.3, 0.4) is 0 Å². The molecule has 1 atom stereocenters. The van der Waals surface area contributed by atoms with Crippen LogP contribution in [-0.4, -0.2) is 23.8 Å². The van der Waals surface area contributed by atoms with Crippen molar-refractivity contribution in [2.45, 2.75) is 39.2 Å². The second-order valence-corrected chi connectivity index (χ2v) is 6.06. The van der Waals surface area contributed by atoms with Gasteiger partial charge in [0.05, 0.1) is 0 Å². The molecule has 1 unspecified atom stereocenters. The van der Waals surface area contributed by atoms with E-state index in [1.54, 1.807) is 6.21 Å². The van der Waals surface area contributed by atoms with Gasteiger partial charge in [-0.25, -0.2) is 4.79 Å². The Hall–Kier alpha value is -1.35. The highest BCUT2D eigenvalue weighted by atomic mass is 35.5. The third kappa shape index (κ3) is 7.29. The number of benzene rings is 1. The number of aliphatic imine (C=N–C) groups is 1. The van der Waals surface area contributed by atoms with E-state index in [2.05, 4.69) is 17.1 Å². The third-order valence-electron chi connectivity index (χ3n) is 2.60. The molecular formula is C16H22ClNO2. The van der Waals surface area contributed by atoms with Crippen LogP contribution in [0.15, 0.2) is 35.3 Å². The van der Waals surface area contributed by atoms with Crippen molar-refractivity contribution in [1.82, 2.24) is 0 Å². The van der Waals surface area contributed by atoms with Crippen molar-refractivity contribution in [2.24, 2.45) is 10.9 Å². The van der Waals surface area contributed by atoms with Crippen LogP contribution in [0.4, 0.5) is 4.79 Å². The van der Waals surface area contributed by atoms with Crippen LogP contribution in [0.25, 0.3) is 0 Å². The summed E-state index contributed by atoms with van der Waals surface area (Å²) in [5, 5.41) is 0. The number of hydrogen-bond acceptors (Lipinski definition) is 2. The molecule has 0 aliphatic carbocycles. The minimum atomic E-state index is -0.551. The molecule has 20 heavy (non-hydrogen) atoms. The fourth-order valence-corrected chi connectivity index (χ4v) is 2.02. The molecule has 110 valence electrons. The topological polar surface area (TPSA) is 38.7 Å². The monoisotopic (exact) mass is 295 g/mol. The summed E-state index contributed by atoms with van der Waals surface area (Å²) in [6.45, 7) is 5.46. The molecule has 0 fully saturated rings. The number of rotatable bonds is 5. The van der Waals surface area contributed by atoms with Gasteiger partial charge in [0.15, 0.2) is 0 Å². The second kappa shape index (κ2) is 8.05. The lowest BCUT2D eigenvalue weighted by molar-refractivity contribution is 0.0604. The molecule has 0 aromatic heterocycles. The van der Waals surface area contributed by atoms with E-state index in [4.69, 9.17) is 16.3 Å². The van der Waals surface area contributed by atoms with Gasteiger partial charge in [0, 0.05) is 12.1 Å². The summed E-state index contributed by atoms with van der Waals surface area (Å²) in [7, 11) is 0. The van der Waals surface area contributed by atoms with Gasteiger partial charge in [0.2, 0.25) is 0 Å². The fraction of sp³-hybridized carbons (Fsp3) is 0.500. The number of carbonyl (C=O) groups is 1. The van der Waals surface area contributed by atoms with Crippen molar-refractivity contribution in [1.29, 1.82) is 0 Å². The lowest BCUT2D eigenvalue weighted by Crippen LogP contribution is -2.22. The maximum atomic E-state index is 11.6. The van der Waals surface area contributed by atoms with Gasteiger partial charge in [-0.3, -0.25) is 0 Å². The molecule has 0 bridgehead atoms. The van der Waals surface area contributed by atoms with Gasteiger partial charge in [-0.2, -0.15) is 4.99 Å². The predicted octanol–water partition coefficient (Wildman–Crippen LogP) is 4.48. The van der Waals surface area contributed by atoms with Gasteiger partial charge >= 0.3 is 6.09 Å². The Balaban J connectivity index is 2.60. The number of amides is 1. The van der Waals surface area contributed by atoms with Crippen LogP contribution in [0.1, 0.15) is 32.8 Å². The Bertz CT molecular complexity index is 438. The highest BCUT2D eigenvalue weighted by Crippen LogP contribution is 2.13. The van der Waals surface area contributed by atoms with Crippen molar-refractivity contribution in [3.63, 3.8) is 0 Å². The molecule has 1 aromatic rings. The summed E-state index contributed by atoms with van der Waals surface area (Å²) in [5.74, 6) is 0.681. The number of hydrogen-bond donors (Lipinski definition) is 0. The fourth-order valence-electron chi connectivity index (χ4n) is 1.74. The molecule has 1 amide bonds. The minimum Gasteiger partial charge on any atom is -0.442 e. The van der Waals surface area contributed by atoms with E-state index in [-0.39, 0.29) is 5.92 Å². The average Bonchev–Trinajstić information content (AvgIpc) is 2.35. The summed E-state index contributed by atoms with van der Waals surface area (Å²) in [6, 6.07) is 10.1. The average molecular weight is 296 g/mol. The zero-order valence-electron chi connectivity index (χ0n) is 12.3. The van der Waals surface area contributed by atoms with E-state index in [1.807, 2.05) is 39.0 Å². The SMILES string of the molecule is CC(C)(C)OC(=O)/N=C/C(CCCl)Cc1ccccc1. The van der Waals surface area contributed by atoms with Crippen molar-refractivity contribution in [2.75, 3.05) is 5.88 Å². The summed E-state index contributed by atoms with van der Waals surface area (Å²) in [6.07, 6.45) is 2.71. The highest BCUT2D eigenvalue weighted by Gasteiger charge is 2.15. The Morgan fingerprint density at radius 3 is 2.55 bits per heavy atom. The molecule has 0 saturated heterocycles. The molecule has 1 rings (SSSR count). The Kier molecular flexibility index (Phi) is 6.73. The molecule has 0 aliphatic rings. The molecule has 3 nitrogen and oxygen atoms in total. The maximum Gasteiger partial charge on any atom is 0.433 e. The number of alkyl halides is 1. The van der Waals surface area contributed by atoms with Gasteiger partial charge in [0.1, 0.15) is 5.60 Å². The molecule has 1 aromatic carbocycles. The molecule has 0 heterocycles. The normalized spacial score (nSPS) is 13.4. The Labute approximate surface area is 126 Å². The zero-order valence-corrected chi connectivity index (χ0v) is 13.1. The van der Waals surface area contributed by atoms with Crippen molar-refractivity contribution in [3.05, 3.63) is 35.9 Å². The van der Waals surface area contributed by atoms with E-state index < -0.39 is 11.7 Å². The first-order chi connectivity index (χ1) is 9.40. The first kappa shape index (κ1) is 16.7. The van der Waals surface area contributed by atoms with Gasteiger partial charge < -0.3 is 4.74 Å². The summed E-state index contributed by atoms with van der Waals surface area (Å²) in [4.78, 5) is 15.4. The van der Waals surface area contributed by atoms with Crippen LogP contribution in [0, 0.1) is 5.92 Å². The van der Waals surface area contributed by atoms with Gasteiger partial charge in [-0.1, -0.05) is 30.3 Å². The smallest absolute Gasteiger partial charge is 0.433 e. The van der Waals surface area contributed by atoms with Crippen molar-refractivity contribution < 1.29 is 9.53 Å². The molecule has 0 N–H and O–H groups in total. The number of halogens is 1. The number of ether oxygens (including phenoxy) is 1. The van der Waals surface area contributed by atoms with Crippen molar-refractivity contribution in [3.8, 4) is 0 Å². The lowest BCUT2D eigenvalue weighted by Gasteiger charge is -2.17. The minimum absolute atomic E-state index is 0.141. The summed E-state index contributed by atoms with van der Waals surface area (Å²) in [5.41, 5.74) is 0.689. The quantitative estimate of drug-likeness (QED) is 0.593. The predicted molar refractivity (Wildman–Crippen MR) is 83.7 cm³/mol. The van der Waals surface area contributed by atoms with Crippen LogP contribution in [-0.2, 0) is 11.2 Å². The van der Waals surface area contributed by atoms with Crippen LogP contribution >= 0.6 is 11.6 Å². The first-order valence-electron chi connectivity index (χ1n) is 6.78. The first-order valence-corrected chi connectivity index (χ1v) is 7.31. The number of carbonyl (C=O) groups excluding carboxylic acids is 1. The summed E-state index contributed by atoms with van der Waals surface area (Å²) >= 11 is 5.81. The second-order valence-electron chi connectivity index (χ2n) is 5.69. The lowest BCUT2D eigenvalue weighted by atomic mass is 9.98. The Morgan fingerprint density at radius 1 is 1.35 bits per heavy atom. The van der Waals surface area contributed by atoms with E-state index >= 15 is 0 Å². The standard InChI is InChI=1S/C16H22ClNO2/c1-16(2,3)20-15(19)18-12-14(9-10-17)11-13-7-5-4-6-8-13/h4-8,12,14H,9-11H2,1-3H3/b18-12+. The zero-order chi connectivity index (χ0) is 15.0. The van der Waals surface area contributed by atoms with Crippen LogP contribution < -0.4 is 0 Å². The highest BCUT2D eigenvalue weighted by molar-refractivity contribution is 6.17. The van der Waals surface area contributed by atoms with E-state index in [1.165, 1.54) is 5.56 Å². The molecule has 0 radical (unpaired) electrons. The third-order valence-corrected chi connectivity index (χ3v) is 2.82. The van der Waals surface area contributed by atoms with Crippen molar-refractivity contribution >= 4 is 23.9 Å². The molecule has 0 saturated carbocycles. The van der Waals surface area contributed by atoms with E-state index in [0.717, 1.165) is 12.8 Å². The van der Waals surface area contributed by atoms with E-state index in [9.17, 15) is 4.79 Å². The maximum absolute atomic E-state index is 11.6. The van der Waals surface area contributed by atoms with Gasteiger partial charge in [-0.15, -0.1) is 11.6 Å². The summed E-state index contributed by atoms with van der Waals surface area (Å²) < 4.78 is 5.15. The largest absolute Gasteiger partial charge is 0.442 e. The Morgan fingerprint density at radius 2 is 2.00 bits per heavy atom. The number of nitrogens with zero attached hydrogens (tertiary/aromatic N) is 1. The molecule has 4 heteroatoms. The molecular weight excluding hydrogens is 274 g/mol. The molecule has 0 aliphatic heterocycles. The van der Waals surface area contributed by atoms with Crippen LogP contribution in [0.5, 0.6) is 0 Å². The molecule has 0 spiro atoms. The van der Waals surface area contributed by atoms with E-state index in [0.29, 0.717) is 5.88 Å².